The Labute approximate surface area is 98.5 Å². The second-order valence-electron chi connectivity index (χ2n) is 2.71. The molecule has 0 aliphatic rings. The second-order valence-corrected chi connectivity index (χ2v) is 3.90. The normalized spacial score (nSPS) is 10.3. The Morgan fingerprint density at radius 2 is 2.07 bits per heavy atom. The Bertz CT molecular complexity index is 506. The topological polar surface area (TPSA) is 38.7 Å². The fourth-order valence-electron chi connectivity index (χ4n) is 1.05. The Hall–Kier alpha value is -1.07. The van der Waals surface area contributed by atoms with Crippen LogP contribution in [-0.4, -0.2) is 15.0 Å². The van der Waals surface area contributed by atoms with E-state index in [0.29, 0.717) is 15.9 Å². The lowest BCUT2D eigenvalue weighted by molar-refractivity contribution is 0.621. The highest BCUT2D eigenvalue weighted by atomic mass is 79.9. The summed E-state index contributed by atoms with van der Waals surface area (Å²) in [4.78, 5) is 11.5. The van der Waals surface area contributed by atoms with E-state index in [4.69, 9.17) is 11.6 Å². The Morgan fingerprint density at radius 1 is 1.27 bits per heavy atom. The molecular weight excluding hydrogens is 284 g/mol. The van der Waals surface area contributed by atoms with Crippen LogP contribution in [0.5, 0.6) is 0 Å². The molecule has 0 bridgehead atoms. The molecule has 0 N–H and O–H groups in total. The average Bonchev–Trinajstić information content (AvgIpc) is 2.22. The van der Waals surface area contributed by atoms with Gasteiger partial charge in [0.05, 0.1) is 4.47 Å². The number of rotatable bonds is 1. The molecule has 2 rings (SSSR count). The van der Waals surface area contributed by atoms with Crippen LogP contribution in [0.2, 0.25) is 5.28 Å². The van der Waals surface area contributed by atoms with Crippen molar-refractivity contribution in [3.8, 4) is 11.4 Å². The van der Waals surface area contributed by atoms with Gasteiger partial charge in [0.15, 0.2) is 5.82 Å². The van der Waals surface area contributed by atoms with Gasteiger partial charge in [-0.25, -0.2) is 14.4 Å². The number of hydrogen-bond donors (Lipinski definition) is 0. The van der Waals surface area contributed by atoms with E-state index < -0.39 is 0 Å². The van der Waals surface area contributed by atoms with Crippen LogP contribution in [0.25, 0.3) is 11.4 Å². The van der Waals surface area contributed by atoms with Gasteiger partial charge < -0.3 is 0 Å². The molecule has 0 saturated heterocycles. The van der Waals surface area contributed by atoms with Gasteiger partial charge in [0.25, 0.3) is 0 Å². The maximum atomic E-state index is 13.0. The molecule has 0 aliphatic heterocycles. The molecule has 15 heavy (non-hydrogen) atoms. The maximum absolute atomic E-state index is 13.0. The summed E-state index contributed by atoms with van der Waals surface area (Å²) in [6.07, 6.45) is 1.31. The van der Waals surface area contributed by atoms with Crippen molar-refractivity contribution in [2.45, 2.75) is 0 Å². The van der Waals surface area contributed by atoms with Gasteiger partial charge in [0, 0.05) is 5.56 Å². The van der Waals surface area contributed by atoms with E-state index >= 15 is 0 Å². The molecule has 0 atom stereocenters. The van der Waals surface area contributed by atoms with Crippen molar-refractivity contribution in [3.05, 3.63) is 40.1 Å². The Balaban J connectivity index is 2.50. The summed E-state index contributed by atoms with van der Waals surface area (Å²) < 4.78 is 13.3. The van der Waals surface area contributed by atoms with Gasteiger partial charge in [-0.2, -0.15) is 4.98 Å². The SMILES string of the molecule is Fc1ccc(-c2ncnc(Cl)n2)cc1Br. The zero-order chi connectivity index (χ0) is 10.8. The fraction of sp³-hybridized carbons (Fsp3) is 0. The number of halogens is 3. The van der Waals surface area contributed by atoms with Gasteiger partial charge in [0.2, 0.25) is 5.28 Å². The molecule has 2 aromatic rings. The van der Waals surface area contributed by atoms with Crippen LogP contribution >= 0.6 is 27.5 Å². The van der Waals surface area contributed by atoms with E-state index in [0.717, 1.165) is 0 Å². The first-order chi connectivity index (χ1) is 7.16. The molecule has 0 aliphatic carbocycles. The van der Waals surface area contributed by atoms with Gasteiger partial charge in [-0.15, -0.1) is 0 Å². The van der Waals surface area contributed by atoms with Crippen molar-refractivity contribution in [3.63, 3.8) is 0 Å². The van der Waals surface area contributed by atoms with Crippen molar-refractivity contribution >= 4 is 27.5 Å². The van der Waals surface area contributed by atoms with E-state index in [1.54, 1.807) is 12.1 Å². The molecule has 1 aromatic carbocycles. The zero-order valence-corrected chi connectivity index (χ0v) is 9.63. The summed E-state index contributed by atoms with van der Waals surface area (Å²) in [5, 5.41) is 0.112. The summed E-state index contributed by atoms with van der Waals surface area (Å²) in [6, 6.07) is 4.49. The van der Waals surface area contributed by atoms with Gasteiger partial charge in [-0.1, -0.05) is 0 Å². The molecule has 0 amide bonds. The average molecular weight is 289 g/mol. The number of aromatic nitrogens is 3. The monoisotopic (exact) mass is 287 g/mol. The lowest BCUT2D eigenvalue weighted by Gasteiger charge is -2.00. The molecule has 0 radical (unpaired) electrons. The molecular formula is C9H4BrClFN3. The van der Waals surface area contributed by atoms with Crippen molar-refractivity contribution < 1.29 is 4.39 Å². The minimum atomic E-state index is -0.334. The summed E-state index contributed by atoms with van der Waals surface area (Å²) >= 11 is 8.70. The van der Waals surface area contributed by atoms with Crippen LogP contribution in [0.3, 0.4) is 0 Å². The predicted octanol–water partition coefficient (Wildman–Crippen LogP) is 3.09. The van der Waals surface area contributed by atoms with Crippen LogP contribution in [-0.2, 0) is 0 Å². The van der Waals surface area contributed by atoms with Crippen molar-refractivity contribution in [1.29, 1.82) is 0 Å². The fourth-order valence-corrected chi connectivity index (χ4v) is 1.55. The van der Waals surface area contributed by atoms with Gasteiger partial charge in [-0.3, -0.25) is 0 Å². The van der Waals surface area contributed by atoms with Crippen LogP contribution in [0.15, 0.2) is 29.0 Å². The standard InChI is InChI=1S/C9H4BrClFN3/c10-6-3-5(1-2-7(6)12)8-13-4-14-9(11)15-8/h1-4H. The first-order valence-electron chi connectivity index (χ1n) is 3.97. The minimum absolute atomic E-state index is 0.112. The van der Waals surface area contributed by atoms with E-state index in [1.807, 2.05) is 0 Å². The largest absolute Gasteiger partial charge is 0.225 e. The third kappa shape index (κ3) is 2.30. The van der Waals surface area contributed by atoms with Crippen LogP contribution in [0, 0.1) is 5.82 Å². The molecule has 76 valence electrons. The summed E-state index contributed by atoms with van der Waals surface area (Å²) in [5.41, 5.74) is 0.674. The summed E-state index contributed by atoms with van der Waals surface area (Å²) in [5.74, 6) is 0.0783. The van der Waals surface area contributed by atoms with Crippen molar-refractivity contribution in [2.75, 3.05) is 0 Å². The highest BCUT2D eigenvalue weighted by molar-refractivity contribution is 9.10. The quantitative estimate of drug-likeness (QED) is 0.809. The molecule has 0 saturated carbocycles. The third-order valence-corrected chi connectivity index (χ3v) is 2.51. The highest BCUT2D eigenvalue weighted by Crippen LogP contribution is 2.22. The van der Waals surface area contributed by atoms with E-state index in [2.05, 4.69) is 30.9 Å². The zero-order valence-electron chi connectivity index (χ0n) is 7.28. The van der Waals surface area contributed by atoms with Gasteiger partial charge >= 0.3 is 0 Å². The van der Waals surface area contributed by atoms with Gasteiger partial charge in [0.1, 0.15) is 12.1 Å². The van der Waals surface area contributed by atoms with Crippen LogP contribution in [0.1, 0.15) is 0 Å². The van der Waals surface area contributed by atoms with Crippen LogP contribution < -0.4 is 0 Å². The maximum Gasteiger partial charge on any atom is 0.225 e. The first kappa shape index (κ1) is 10.4. The molecule has 1 aromatic heterocycles. The van der Waals surface area contributed by atoms with Gasteiger partial charge in [-0.05, 0) is 45.7 Å². The molecule has 0 spiro atoms. The Morgan fingerprint density at radius 3 is 2.73 bits per heavy atom. The number of benzene rings is 1. The smallest absolute Gasteiger partial charge is 0.216 e. The molecule has 0 unspecified atom stereocenters. The summed E-state index contributed by atoms with van der Waals surface area (Å²) in [7, 11) is 0. The molecule has 0 fully saturated rings. The first-order valence-corrected chi connectivity index (χ1v) is 5.14. The minimum Gasteiger partial charge on any atom is -0.216 e. The second kappa shape index (κ2) is 4.20. The molecule has 1 heterocycles. The molecule has 3 nitrogen and oxygen atoms in total. The highest BCUT2D eigenvalue weighted by Gasteiger charge is 2.05. The Kier molecular flexibility index (Phi) is 2.93. The van der Waals surface area contributed by atoms with E-state index in [9.17, 15) is 4.39 Å². The lowest BCUT2D eigenvalue weighted by Crippen LogP contribution is -1.91. The number of hydrogen-bond acceptors (Lipinski definition) is 3. The predicted molar refractivity (Wildman–Crippen MR) is 57.9 cm³/mol. The van der Waals surface area contributed by atoms with Crippen molar-refractivity contribution in [1.82, 2.24) is 15.0 Å². The van der Waals surface area contributed by atoms with E-state index in [-0.39, 0.29) is 11.1 Å². The lowest BCUT2D eigenvalue weighted by atomic mass is 10.2. The number of nitrogens with zero attached hydrogens (tertiary/aromatic N) is 3. The summed E-state index contributed by atoms with van der Waals surface area (Å²) in [6.45, 7) is 0. The van der Waals surface area contributed by atoms with Crippen LogP contribution in [0.4, 0.5) is 4.39 Å². The third-order valence-electron chi connectivity index (χ3n) is 1.72. The molecule has 6 heteroatoms. The van der Waals surface area contributed by atoms with Crippen molar-refractivity contribution in [2.24, 2.45) is 0 Å². The van der Waals surface area contributed by atoms with E-state index in [1.165, 1.54) is 12.4 Å².